The minimum absolute atomic E-state index is 0.115. The Morgan fingerprint density at radius 1 is 1.26 bits per heavy atom. The van der Waals surface area contributed by atoms with E-state index in [0.717, 1.165) is 5.56 Å². The largest absolute Gasteiger partial charge is 0.336 e. The molecular formula is C16H22N4O2S. The first-order valence-corrected chi connectivity index (χ1v) is 9.27. The summed E-state index contributed by atoms with van der Waals surface area (Å²) in [5.74, 6) is 0.254. The van der Waals surface area contributed by atoms with Gasteiger partial charge in [0.2, 0.25) is 0 Å². The van der Waals surface area contributed by atoms with Gasteiger partial charge in [-0.25, -0.2) is 13.4 Å². The quantitative estimate of drug-likeness (QED) is 0.893. The fourth-order valence-corrected chi connectivity index (χ4v) is 4.58. The number of nitrogens with zero attached hydrogens (tertiary/aromatic N) is 3. The minimum atomic E-state index is -3.57. The third-order valence-corrected chi connectivity index (χ3v) is 6.23. The monoisotopic (exact) mass is 334 g/mol. The van der Waals surface area contributed by atoms with Gasteiger partial charge in [-0.05, 0) is 24.9 Å². The van der Waals surface area contributed by atoms with Crippen LogP contribution in [0.5, 0.6) is 0 Å². The zero-order chi connectivity index (χ0) is 16.4. The summed E-state index contributed by atoms with van der Waals surface area (Å²) in [7, 11) is -3.57. The fourth-order valence-electron chi connectivity index (χ4n) is 3.12. The molecule has 1 aromatic carbocycles. The Morgan fingerprint density at radius 2 is 2.00 bits per heavy atom. The van der Waals surface area contributed by atoms with Crippen LogP contribution in [0.4, 0.5) is 0 Å². The summed E-state index contributed by atoms with van der Waals surface area (Å²) >= 11 is 0. The van der Waals surface area contributed by atoms with E-state index < -0.39 is 10.0 Å². The van der Waals surface area contributed by atoms with Crippen molar-refractivity contribution in [3.8, 4) is 0 Å². The topological polar surface area (TPSA) is 81.2 Å². The molecule has 0 unspecified atom stereocenters. The lowest BCUT2D eigenvalue weighted by atomic mass is 9.89. The van der Waals surface area contributed by atoms with E-state index in [1.54, 1.807) is 17.1 Å². The molecule has 2 aromatic rings. The molecule has 0 saturated carbocycles. The maximum atomic E-state index is 12.8. The van der Waals surface area contributed by atoms with Crippen molar-refractivity contribution in [1.29, 1.82) is 0 Å². The van der Waals surface area contributed by atoms with E-state index in [2.05, 4.69) is 4.98 Å². The Morgan fingerprint density at radius 3 is 2.61 bits per heavy atom. The number of imidazole rings is 1. The second-order valence-corrected chi connectivity index (χ2v) is 7.76. The van der Waals surface area contributed by atoms with Gasteiger partial charge >= 0.3 is 0 Å². The van der Waals surface area contributed by atoms with E-state index in [1.807, 2.05) is 37.3 Å². The van der Waals surface area contributed by atoms with Crippen molar-refractivity contribution >= 4 is 10.0 Å². The molecule has 0 aliphatic carbocycles. The van der Waals surface area contributed by atoms with Gasteiger partial charge in [-0.3, -0.25) is 0 Å². The Balaban J connectivity index is 1.87. The molecule has 1 aromatic heterocycles. The van der Waals surface area contributed by atoms with Crippen molar-refractivity contribution in [3.05, 3.63) is 48.4 Å². The van der Waals surface area contributed by atoms with Crippen LogP contribution in [0.3, 0.4) is 0 Å². The maximum absolute atomic E-state index is 12.8. The molecular weight excluding hydrogens is 312 g/mol. The summed E-state index contributed by atoms with van der Waals surface area (Å²) in [4.78, 5) is 4.05. The molecule has 1 aliphatic rings. The van der Waals surface area contributed by atoms with E-state index >= 15 is 0 Å². The normalized spacial score (nSPS) is 22.5. The second kappa shape index (κ2) is 6.43. The van der Waals surface area contributed by atoms with Gasteiger partial charge < -0.3 is 10.3 Å². The first-order chi connectivity index (χ1) is 11.1. The zero-order valence-corrected chi connectivity index (χ0v) is 14.0. The van der Waals surface area contributed by atoms with E-state index in [9.17, 15) is 8.42 Å². The molecule has 2 atom stereocenters. The van der Waals surface area contributed by atoms with Gasteiger partial charge in [-0.15, -0.1) is 0 Å². The molecule has 0 radical (unpaired) electrons. The Labute approximate surface area is 137 Å². The highest BCUT2D eigenvalue weighted by Crippen LogP contribution is 2.34. The highest BCUT2D eigenvalue weighted by Gasteiger charge is 2.40. The minimum Gasteiger partial charge on any atom is -0.336 e. The zero-order valence-electron chi connectivity index (χ0n) is 13.2. The van der Waals surface area contributed by atoms with Crippen LogP contribution >= 0.6 is 0 Å². The fraction of sp³-hybridized carbons (Fsp3) is 0.438. The lowest BCUT2D eigenvalue weighted by molar-refractivity contribution is 0.456. The maximum Gasteiger partial charge on any atom is 0.262 e. The number of nitrogens with two attached hydrogens (primary N) is 1. The summed E-state index contributed by atoms with van der Waals surface area (Å²) in [6.07, 6.45) is 3.14. The van der Waals surface area contributed by atoms with E-state index in [4.69, 9.17) is 5.73 Å². The SMILES string of the molecule is CCn1cnc(S(=O)(=O)N2C[C@@H](CN)[C@H](c3ccccc3)C2)c1. The lowest BCUT2D eigenvalue weighted by Gasteiger charge is -2.16. The standard InChI is InChI=1S/C16H22N4O2S/c1-2-19-11-16(18-12-19)23(21,22)20-9-14(8-17)15(10-20)13-6-4-3-5-7-13/h3-7,11-12,14-15H,2,8-10,17H2,1H3/t14-,15+/m1/s1. The van der Waals surface area contributed by atoms with Crippen molar-refractivity contribution < 1.29 is 8.42 Å². The van der Waals surface area contributed by atoms with Gasteiger partial charge in [-0.1, -0.05) is 30.3 Å². The van der Waals surface area contributed by atoms with Crippen LogP contribution in [0.25, 0.3) is 0 Å². The number of benzene rings is 1. The third-order valence-electron chi connectivity index (χ3n) is 4.52. The van der Waals surface area contributed by atoms with Crippen LogP contribution < -0.4 is 5.73 Å². The molecule has 1 fully saturated rings. The summed E-state index contributed by atoms with van der Waals surface area (Å²) in [6.45, 7) is 4.00. The Bertz CT molecular complexity index is 757. The van der Waals surface area contributed by atoms with Crippen molar-refractivity contribution in [2.24, 2.45) is 11.7 Å². The third kappa shape index (κ3) is 3.04. The van der Waals surface area contributed by atoms with Gasteiger partial charge in [0, 0.05) is 31.7 Å². The van der Waals surface area contributed by atoms with Gasteiger partial charge in [0.1, 0.15) is 0 Å². The van der Waals surface area contributed by atoms with Gasteiger partial charge in [0.05, 0.1) is 6.33 Å². The molecule has 1 saturated heterocycles. The molecule has 1 aliphatic heterocycles. The van der Waals surface area contributed by atoms with Crippen LogP contribution in [-0.4, -0.2) is 41.9 Å². The highest BCUT2D eigenvalue weighted by molar-refractivity contribution is 7.89. The first-order valence-electron chi connectivity index (χ1n) is 7.83. The average molecular weight is 334 g/mol. The van der Waals surface area contributed by atoms with Crippen molar-refractivity contribution in [1.82, 2.24) is 13.9 Å². The first kappa shape index (κ1) is 16.2. The number of hydrogen-bond donors (Lipinski definition) is 1. The molecule has 124 valence electrons. The molecule has 0 spiro atoms. The van der Waals surface area contributed by atoms with Gasteiger partial charge in [-0.2, -0.15) is 4.31 Å². The smallest absolute Gasteiger partial charge is 0.262 e. The number of sulfonamides is 1. The summed E-state index contributed by atoms with van der Waals surface area (Å²) in [5.41, 5.74) is 7.03. The van der Waals surface area contributed by atoms with Crippen LogP contribution in [0, 0.1) is 5.92 Å². The van der Waals surface area contributed by atoms with E-state index in [1.165, 1.54) is 4.31 Å². The van der Waals surface area contributed by atoms with Crippen LogP contribution in [0.15, 0.2) is 47.9 Å². The molecule has 3 rings (SSSR count). The van der Waals surface area contributed by atoms with Crippen LogP contribution in [0.2, 0.25) is 0 Å². The molecule has 2 heterocycles. The predicted molar refractivity (Wildman–Crippen MR) is 88.4 cm³/mol. The molecule has 0 amide bonds. The van der Waals surface area contributed by atoms with Gasteiger partial charge in [0.25, 0.3) is 10.0 Å². The summed E-state index contributed by atoms with van der Waals surface area (Å²) in [5, 5.41) is 0.115. The Kier molecular flexibility index (Phi) is 4.52. The molecule has 7 heteroatoms. The number of hydrogen-bond acceptors (Lipinski definition) is 4. The highest BCUT2D eigenvalue weighted by atomic mass is 32.2. The number of aryl methyl sites for hydroxylation is 1. The molecule has 6 nitrogen and oxygen atoms in total. The molecule has 0 bridgehead atoms. The van der Waals surface area contributed by atoms with Crippen molar-refractivity contribution in [3.63, 3.8) is 0 Å². The second-order valence-electron chi connectivity index (χ2n) is 5.88. The van der Waals surface area contributed by atoms with Crippen molar-refractivity contribution in [2.45, 2.75) is 24.4 Å². The van der Waals surface area contributed by atoms with E-state index in [0.29, 0.717) is 26.2 Å². The molecule has 2 N–H and O–H groups in total. The average Bonchev–Trinajstić information content (AvgIpc) is 3.23. The summed E-state index contributed by atoms with van der Waals surface area (Å²) in [6, 6.07) is 9.98. The van der Waals surface area contributed by atoms with E-state index in [-0.39, 0.29) is 16.9 Å². The molecule has 23 heavy (non-hydrogen) atoms. The number of aromatic nitrogens is 2. The summed E-state index contributed by atoms with van der Waals surface area (Å²) < 4.78 is 28.9. The van der Waals surface area contributed by atoms with Crippen LogP contribution in [0.1, 0.15) is 18.4 Å². The Hall–Kier alpha value is -1.70. The van der Waals surface area contributed by atoms with Crippen molar-refractivity contribution in [2.75, 3.05) is 19.6 Å². The predicted octanol–water partition coefficient (Wildman–Crippen LogP) is 1.27. The lowest BCUT2D eigenvalue weighted by Crippen LogP contribution is -2.30. The van der Waals surface area contributed by atoms with Gasteiger partial charge in [0.15, 0.2) is 5.03 Å². The van der Waals surface area contributed by atoms with Crippen LogP contribution in [-0.2, 0) is 16.6 Å². The number of rotatable bonds is 5.